The van der Waals surface area contributed by atoms with Crippen LogP contribution in [0.15, 0.2) is 91.3 Å². The minimum Gasteiger partial charge on any atom is -0.361 e. The van der Waals surface area contributed by atoms with Gasteiger partial charge in [0, 0.05) is 60.4 Å². The zero-order valence-electron chi connectivity index (χ0n) is 25.3. The lowest BCUT2D eigenvalue weighted by atomic mass is 9.94. The van der Waals surface area contributed by atoms with Crippen molar-refractivity contribution < 1.29 is 14.4 Å². The maximum absolute atomic E-state index is 13.5. The highest BCUT2D eigenvalue weighted by atomic mass is 16.2. The van der Waals surface area contributed by atoms with Crippen molar-refractivity contribution in [1.29, 1.82) is 0 Å². The Hall–Kier alpha value is -4.89. The molecule has 1 fully saturated rings. The Morgan fingerprint density at radius 1 is 0.711 bits per heavy atom. The number of nitrogens with one attached hydrogen (secondary N) is 4. The molecule has 6 rings (SSSR count). The Bertz CT molecular complexity index is 1680. The predicted octanol–water partition coefficient (Wildman–Crippen LogP) is 3.70. The molecule has 0 radical (unpaired) electrons. The normalized spacial score (nSPS) is 17.0. The number of H-pyrrole nitrogens is 2. The minimum atomic E-state index is -0.709. The summed E-state index contributed by atoms with van der Waals surface area (Å²) < 4.78 is 0. The summed E-state index contributed by atoms with van der Waals surface area (Å²) in [5.74, 6) is -1.99. The number of aryl methyl sites for hydroxylation is 1. The van der Waals surface area contributed by atoms with Gasteiger partial charge in [0.2, 0.25) is 17.7 Å². The second-order valence-corrected chi connectivity index (χ2v) is 11.9. The molecule has 0 saturated carbocycles. The highest BCUT2D eigenvalue weighted by molar-refractivity contribution is 5.91. The van der Waals surface area contributed by atoms with Crippen LogP contribution in [0, 0.1) is 11.8 Å². The van der Waals surface area contributed by atoms with E-state index in [0.29, 0.717) is 38.8 Å². The van der Waals surface area contributed by atoms with Gasteiger partial charge in [0.15, 0.2) is 0 Å². The standard InChI is InChI=1S/C36H40N6O3/c37-31(15-14-24-8-2-1-3-9-24)36(45)42-22-29(34(43)38-18-16-25-20-40-32-12-6-4-10-27(25)32)30(23-42)35(44)39-19-17-26-21-41-33-13-7-5-11-28(26)33/h1-13,20-21,29-31,40-41H,14-19,22-23,37H2,(H,38,43)(H,39,44)/t29-,30-,31+/m1/s1. The Morgan fingerprint density at radius 2 is 1.20 bits per heavy atom. The lowest BCUT2D eigenvalue weighted by Crippen LogP contribution is -2.44. The number of rotatable bonds is 12. The number of fused-ring (bicyclic) bond motifs is 2. The molecular formula is C36H40N6O3. The average Bonchev–Trinajstić information content (AvgIpc) is 3.81. The summed E-state index contributed by atoms with van der Waals surface area (Å²) in [6, 6.07) is 25.3. The van der Waals surface area contributed by atoms with Gasteiger partial charge in [0.25, 0.3) is 0 Å². The topological polar surface area (TPSA) is 136 Å². The molecule has 45 heavy (non-hydrogen) atoms. The van der Waals surface area contributed by atoms with E-state index >= 15 is 0 Å². The van der Waals surface area contributed by atoms with Crippen molar-refractivity contribution in [2.45, 2.75) is 31.7 Å². The molecule has 1 aliphatic rings. The third-order valence-corrected chi connectivity index (χ3v) is 8.95. The lowest BCUT2D eigenvalue weighted by Gasteiger charge is -2.21. The SMILES string of the molecule is N[C@@H](CCc1ccccc1)C(=O)N1C[C@@H](C(=O)NCCc2c[nH]c3ccccc23)[C@H](C(=O)NCCc2c[nH]c3ccccc23)C1. The van der Waals surface area contributed by atoms with Crippen molar-refractivity contribution in [1.82, 2.24) is 25.5 Å². The van der Waals surface area contributed by atoms with E-state index in [1.54, 1.807) is 4.90 Å². The van der Waals surface area contributed by atoms with Gasteiger partial charge in [-0.2, -0.15) is 0 Å². The molecule has 0 aliphatic carbocycles. The van der Waals surface area contributed by atoms with Gasteiger partial charge in [-0.3, -0.25) is 14.4 Å². The number of hydrogen-bond acceptors (Lipinski definition) is 4. The molecule has 1 aliphatic heterocycles. The first-order valence-electron chi connectivity index (χ1n) is 15.7. The number of benzene rings is 3. The fraction of sp³-hybridized carbons (Fsp3) is 0.306. The van der Waals surface area contributed by atoms with Crippen LogP contribution in [-0.4, -0.2) is 64.8 Å². The van der Waals surface area contributed by atoms with Crippen LogP contribution in [0.2, 0.25) is 0 Å². The largest absolute Gasteiger partial charge is 0.361 e. The Balaban J connectivity index is 1.09. The number of nitrogens with zero attached hydrogens (tertiary/aromatic N) is 1. The van der Waals surface area contributed by atoms with E-state index in [9.17, 15) is 14.4 Å². The van der Waals surface area contributed by atoms with Gasteiger partial charge < -0.3 is 31.2 Å². The summed E-state index contributed by atoms with van der Waals surface area (Å²) in [7, 11) is 0. The smallest absolute Gasteiger partial charge is 0.239 e. The molecule has 5 aromatic rings. The van der Waals surface area contributed by atoms with Crippen molar-refractivity contribution in [3.8, 4) is 0 Å². The van der Waals surface area contributed by atoms with Crippen LogP contribution >= 0.6 is 0 Å². The fourth-order valence-electron chi connectivity index (χ4n) is 6.42. The lowest BCUT2D eigenvalue weighted by molar-refractivity contribution is -0.132. The monoisotopic (exact) mass is 604 g/mol. The maximum atomic E-state index is 13.5. The zero-order valence-corrected chi connectivity index (χ0v) is 25.3. The van der Waals surface area contributed by atoms with E-state index < -0.39 is 17.9 Å². The molecule has 3 heterocycles. The van der Waals surface area contributed by atoms with E-state index in [1.165, 1.54) is 0 Å². The van der Waals surface area contributed by atoms with Crippen molar-refractivity contribution in [2.24, 2.45) is 17.6 Å². The van der Waals surface area contributed by atoms with Crippen LogP contribution in [0.5, 0.6) is 0 Å². The van der Waals surface area contributed by atoms with Crippen molar-refractivity contribution in [3.63, 3.8) is 0 Å². The van der Waals surface area contributed by atoms with Crippen LogP contribution in [0.1, 0.15) is 23.1 Å². The summed E-state index contributed by atoms with van der Waals surface area (Å²) >= 11 is 0. The molecule has 9 nitrogen and oxygen atoms in total. The molecule has 9 heteroatoms. The highest BCUT2D eigenvalue weighted by Crippen LogP contribution is 2.26. The summed E-state index contributed by atoms with van der Waals surface area (Å²) in [6.45, 7) is 1.18. The number of aromatic nitrogens is 2. The van der Waals surface area contributed by atoms with Crippen LogP contribution in [0.25, 0.3) is 21.8 Å². The highest BCUT2D eigenvalue weighted by Gasteiger charge is 2.44. The number of amides is 3. The van der Waals surface area contributed by atoms with Crippen molar-refractivity contribution in [3.05, 3.63) is 108 Å². The molecule has 3 atom stereocenters. The number of aromatic amines is 2. The fourth-order valence-corrected chi connectivity index (χ4v) is 6.42. The Kier molecular flexibility index (Phi) is 9.26. The first-order valence-corrected chi connectivity index (χ1v) is 15.7. The number of hydrogen-bond donors (Lipinski definition) is 5. The summed E-state index contributed by atoms with van der Waals surface area (Å²) in [5, 5.41) is 8.33. The summed E-state index contributed by atoms with van der Waals surface area (Å²) in [5.41, 5.74) is 11.8. The average molecular weight is 605 g/mol. The number of nitrogens with two attached hydrogens (primary N) is 1. The molecule has 3 aromatic carbocycles. The molecule has 0 bridgehead atoms. The van der Waals surface area contributed by atoms with E-state index in [1.807, 2.05) is 79.1 Å². The number of likely N-dealkylation sites (tertiary alicyclic amines) is 1. The quantitative estimate of drug-likeness (QED) is 0.148. The van der Waals surface area contributed by atoms with E-state index in [0.717, 1.165) is 38.5 Å². The molecule has 6 N–H and O–H groups in total. The molecule has 0 spiro atoms. The first kappa shape index (κ1) is 30.1. The number of para-hydroxylation sites is 2. The van der Waals surface area contributed by atoms with E-state index in [4.69, 9.17) is 5.73 Å². The maximum Gasteiger partial charge on any atom is 0.239 e. The number of carbonyl (C=O) groups is 3. The van der Waals surface area contributed by atoms with E-state index in [2.05, 4.69) is 32.7 Å². The molecule has 2 aromatic heterocycles. The Morgan fingerprint density at radius 3 is 1.73 bits per heavy atom. The minimum absolute atomic E-state index is 0.164. The number of carbonyl (C=O) groups excluding carboxylic acids is 3. The summed E-state index contributed by atoms with van der Waals surface area (Å²) in [4.78, 5) is 48.6. The second kappa shape index (κ2) is 13.8. The zero-order chi connectivity index (χ0) is 31.2. The van der Waals surface area contributed by atoms with Crippen molar-refractivity contribution >= 4 is 39.5 Å². The van der Waals surface area contributed by atoms with Crippen molar-refractivity contribution in [2.75, 3.05) is 26.2 Å². The third kappa shape index (κ3) is 6.94. The molecule has 232 valence electrons. The van der Waals surface area contributed by atoms with Crippen LogP contribution < -0.4 is 16.4 Å². The molecule has 1 saturated heterocycles. The van der Waals surface area contributed by atoms with Gasteiger partial charge >= 0.3 is 0 Å². The van der Waals surface area contributed by atoms with Gasteiger partial charge in [-0.15, -0.1) is 0 Å². The van der Waals surface area contributed by atoms with Gasteiger partial charge in [0.05, 0.1) is 17.9 Å². The first-order chi connectivity index (χ1) is 22.0. The van der Waals surface area contributed by atoms with Crippen LogP contribution in [-0.2, 0) is 33.6 Å². The second-order valence-electron chi connectivity index (χ2n) is 11.9. The van der Waals surface area contributed by atoms with Gasteiger partial charge in [-0.25, -0.2) is 0 Å². The molecule has 0 unspecified atom stereocenters. The predicted molar refractivity (Wildman–Crippen MR) is 176 cm³/mol. The van der Waals surface area contributed by atoms with Gasteiger partial charge in [-0.1, -0.05) is 66.7 Å². The third-order valence-electron chi connectivity index (χ3n) is 8.95. The summed E-state index contributed by atoms with van der Waals surface area (Å²) in [6.07, 6.45) is 6.40. The molecule has 3 amide bonds. The van der Waals surface area contributed by atoms with Crippen LogP contribution in [0.3, 0.4) is 0 Å². The van der Waals surface area contributed by atoms with E-state index in [-0.39, 0.29) is 30.8 Å². The van der Waals surface area contributed by atoms with Gasteiger partial charge in [-0.05, 0) is 54.5 Å². The molecular weight excluding hydrogens is 564 g/mol. The van der Waals surface area contributed by atoms with Crippen LogP contribution in [0.4, 0.5) is 0 Å². The Labute approximate surface area is 262 Å². The van der Waals surface area contributed by atoms with Gasteiger partial charge in [0.1, 0.15) is 0 Å².